The van der Waals surface area contributed by atoms with Gasteiger partial charge >= 0.3 is 0 Å². The summed E-state index contributed by atoms with van der Waals surface area (Å²) in [6.07, 6.45) is 2.61. The maximum Gasteiger partial charge on any atom is 0.250 e. The Morgan fingerprint density at radius 3 is 2.54 bits per heavy atom. The number of carbonyl (C=O) groups excluding carboxylic acids is 1. The van der Waals surface area contributed by atoms with Crippen LogP contribution in [0.4, 0.5) is 0 Å². The van der Waals surface area contributed by atoms with E-state index < -0.39 is 0 Å². The predicted molar refractivity (Wildman–Crippen MR) is 99.9 cm³/mol. The number of benzene rings is 2. The molecule has 0 radical (unpaired) electrons. The maximum atomic E-state index is 11.8. The molecule has 2 aromatic rings. The number of hydrogen-bond acceptors (Lipinski definition) is 4. The number of thioether (sulfide) groups is 1. The molecule has 0 fully saturated rings. The average molecular weight is 342 g/mol. The Bertz CT molecular complexity index is 667. The monoisotopic (exact) mass is 342 g/mol. The largest absolute Gasteiger partial charge is 0.494 e. The van der Waals surface area contributed by atoms with Crippen molar-refractivity contribution in [1.29, 1.82) is 0 Å². The molecule has 0 aliphatic rings. The van der Waals surface area contributed by atoms with Crippen molar-refractivity contribution in [1.82, 2.24) is 5.43 Å². The molecular formula is C19H22N2O2S. The molecule has 0 aliphatic heterocycles. The van der Waals surface area contributed by atoms with Gasteiger partial charge in [0.15, 0.2) is 0 Å². The van der Waals surface area contributed by atoms with E-state index in [1.165, 1.54) is 17.3 Å². The summed E-state index contributed by atoms with van der Waals surface area (Å²) in [5.41, 5.74) is 4.66. The van der Waals surface area contributed by atoms with Crippen LogP contribution in [0.5, 0.6) is 5.75 Å². The number of hydrazone groups is 1. The molecule has 0 spiro atoms. The lowest BCUT2D eigenvalue weighted by Gasteiger charge is -2.04. The van der Waals surface area contributed by atoms with Crippen molar-refractivity contribution in [3.05, 3.63) is 59.7 Å². The van der Waals surface area contributed by atoms with Crippen LogP contribution < -0.4 is 10.2 Å². The molecule has 0 aromatic heterocycles. The molecule has 0 atom stereocenters. The van der Waals surface area contributed by atoms with E-state index in [1.54, 1.807) is 6.21 Å². The fourth-order valence-corrected chi connectivity index (χ4v) is 2.56. The van der Waals surface area contributed by atoms with Crippen molar-refractivity contribution in [2.75, 3.05) is 12.4 Å². The summed E-state index contributed by atoms with van der Waals surface area (Å²) < 4.78 is 5.52. The van der Waals surface area contributed by atoms with E-state index in [-0.39, 0.29) is 5.91 Å². The molecule has 1 amide bonds. The highest BCUT2D eigenvalue weighted by Crippen LogP contribution is 2.17. The van der Waals surface area contributed by atoms with Crippen molar-refractivity contribution < 1.29 is 9.53 Å². The van der Waals surface area contributed by atoms with E-state index in [0.29, 0.717) is 12.4 Å². The van der Waals surface area contributed by atoms with Crippen LogP contribution in [0.3, 0.4) is 0 Å². The summed E-state index contributed by atoms with van der Waals surface area (Å²) in [6.45, 7) is 4.82. The molecule has 24 heavy (non-hydrogen) atoms. The molecular weight excluding hydrogens is 320 g/mol. The number of aryl methyl sites for hydroxylation is 1. The number of hydrogen-bond donors (Lipinski definition) is 1. The third kappa shape index (κ3) is 6.46. The number of nitrogens with one attached hydrogen (secondary N) is 1. The van der Waals surface area contributed by atoms with E-state index in [9.17, 15) is 4.79 Å². The summed E-state index contributed by atoms with van der Waals surface area (Å²) in [5, 5.41) is 3.98. The average Bonchev–Trinajstić information content (AvgIpc) is 2.60. The van der Waals surface area contributed by atoms with Crippen LogP contribution in [0.1, 0.15) is 24.5 Å². The normalized spacial score (nSPS) is 10.8. The number of ether oxygens (including phenoxy) is 1. The van der Waals surface area contributed by atoms with Crippen LogP contribution in [0.15, 0.2) is 58.5 Å². The van der Waals surface area contributed by atoms with E-state index in [1.807, 2.05) is 55.5 Å². The van der Waals surface area contributed by atoms with Crippen molar-refractivity contribution in [3.8, 4) is 5.75 Å². The Morgan fingerprint density at radius 2 is 1.88 bits per heavy atom. The first-order valence-corrected chi connectivity index (χ1v) is 8.90. The quantitative estimate of drug-likeness (QED) is 0.448. The van der Waals surface area contributed by atoms with Crippen LogP contribution in [0, 0.1) is 6.92 Å². The van der Waals surface area contributed by atoms with Gasteiger partial charge in [-0.05, 0) is 55.3 Å². The zero-order valence-corrected chi connectivity index (χ0v) is 14.8. The lowest BCUT2D eigenvalue weighted by atomic mass is 10.2. The summed E-state index contributed by atoms with van der Waals surface area (Å²) in [7, 11) is 0. The van der Waals surface area contributed by atoms with Gasteiger partial charge in [-0.1, -0.05) is 24.6 Å². The van der Waals surface area contributed by atoms with Crippen LogP contribution in [-0.4, -0.2) is 24.5 Å². The van der Waals surface area contributed by atoms with Gasteiger partial charge in [0.25, 0.3) is 0 Å². The summed E-state index contributed by atoms with van der Waals surface area (Å²) >= 11 is 1.49. The van der Waals surface area contributed by atoms with Gasteiger partial charge in [0.2, 0.25) is 5.91 Å². The zero-order valence-electron chi connectivity index (χ0n) is 14.0. The van der Waals surface area contributed by atoms with E-state index in [0.717, 1.165) is 22.6 Å². The number of amides is 1. The first kappa shape index (κ1) is 18.1. The van der Waals surface area contributed by atoms with E-state index >= 15 is 0 Å². The highest BCUT2D eigenvalue weighted by Gasteiger charge is 2.01. The van der Waals surface area contributed by atoms with E-state index in [2.05, 4.69) is 17.5 Å². The minimum atomic E-state index is -0.125. The van der Waals surface area contributed by atoms with E-state index in [4.69, 9.17) is 4.74 Å². The predicted octanol–water partition coefficient (Wildman–Crippen LogP) is 4.03. The van der Waals surface area contributed by atoms with Crippen molar-refractivity contribution in [3.63, 3.8) is 0 Å². The van der Waals surface area contributed by atoms with Crippen LogP contribution in [0.2, 0.25) is 0 Å². The summed E-state index contributed by atoms with van der Waals surface area (Å²) in [5.74, 6) is 1.05. The van der Waals surface area contributed by atoms with Gasteiger partial charge in [-0.25, -0.2) is 5.43 Å². The molecule has 126 valence electrons. The molecule has 0 saturated carbocycles. The highest BCUT2D eigenvalue weighted by molar-refractivity contribution is 8.00. The molecule has 5 heteroatoms. The Morgan fingerprint density at radius 1 is 1.17 bits per heavy atom. The molecule has 0 saturated heterocycles. The Labute approximate surface area is 147 Å². The second kappa shape index (κ2) is 9.78. The third-order valence-electron chi connectivity index (χ3n) is 3.15. The number of nitrogens with zero attached hydrogens (tertiary/aromatic N) is 1. The second-order valence-corrected chi connectivity index (χ2v) is 6.36. The second-order valence-electron chi connectivity index (χ2n) is 5.31. The highest BCUT2D eigenvalue weighted by atomic mass is 32.2. The Hall–Kier alpha value is -2.27. The Balaban J connectivity index is 1.74. The Kier molecular flexibility index (Phi) is 7.36. The van der Waals surface area contributed by atoms with Crippen molar-refractivity contribution in [2.45, 2.75) is 25.2 Å². The summed E-state index contributed by atoms with van der Waals surface area (Å²) in [6, 6.07) is 15.7. The van der Waals surface area contributed by atoms with Gasteiger partial charge in [0.1, 0.15) is 5.75 Å². The lowest BCUT2D eigenvalue weighted by Crippen LogP contribution is -2.19. The molecule has 4 nitrogen and oxygen atoms in total. The van der Waals surface area contributed by atoms with Crippen LogP contribution >= 0.6 is 11.8 Å². The van der Waals surface area contributed by atoms with Gasteiger partial charge in [-0.3, -0.25) is 4.79 Å². The molecule has 0 unspecified atom stereocenters. The van der Waals surface area contributed by atoms with Gasteiger partial charge in [0.05, 0.1) is 18.6 Å². The maximum absolute atomic E-state index is 11.8. The molecule has 0 bridgehead atoms. The topological polar surface area (TPSA) is 50.7 Å². The smallest absolute Gasteiger partial charge is 0.250 e. The fourth-order valence-electron chi connectivity index (χ4n) is 1.86. The molecule has 0 aliphatic carbocycles. The minimum absolute atomic E-state index is 0.125. The van der Waals surface area contributed by atoms with Gasteiger partial charge in [0, 0.05) is 4.90 Å². The SMILES string of the molecule is CCCOc1ccc(/C=N\NC(=O)CSc2ccc(C)cc2)cc1. The number of carbonyl (C=O) groups is 1. The van der Waals surface area contributed by atoms with Gasteiger partial charge in [-0.15, -0.1) is 11.8 Å². The van der Waals surface area contributed by atoms with Crippen LogP contribution in [-0.2, 0) is 4.79 Å². The minimum Gasteiger partial charge on any atom is -0.494 e. The molecule has 2 rings (SSSR count). The standard InChI is InChI=1S/C19H22N2O2S/c1-3-12-23-17-8-6-16(7-9-17)13-20-21-19(22)14-24-18-10-4-15(2)5-11-18/h4-11,13H,3,12,14H2,1-2H3,(H,21,22)/b20-13-. The van der Waals surface area contributed by atoms with Crippen LogP contribution in [0.25, 0.3) is 0 Å². The third-order valence-corrected chi connectivity index (χ3v) is 4.16. The van der Waals surface area contributed by atoms with Crippen molar-refractivity contribution in [2.24, 2.45) is 5.10 Å². The molecule has 1 N–H and O–H groups in total. The first-order valence-electron chi connectivity index (χ1n) is 7.91. The summed E-state index contributed by atoms with van der Waals surface area (Å²) in [4.78, 5) is 12.9. The molecule has 2 aromatic carbocycles. The first-order chi connectivity index (χ1) is 11.7. The van der Waals surface area contributed by atoms with Gasteiger partial charge < -0.3 is 4.74 Å². The zero-order chi connectivity index (χ0) is 17.2. The lowest BCUT2D eigenvalue weighted by molar-refractivity contribution is -0.118. The molecule has 0 heterocycles. The number of rotatable bonds is 8. The van der Waals surface area contributed by atoms with Crippen molar-refractivity contribution >= 4 is 23.9 Å². The van der Waals surface area contributed by atoms with Gasteiger partial charge in [-0.2, -0.15) is 5.10 Å². The fraction of sp³-hybridized carbons (Fsp3) is 0.263.